The molecule has 0 radical (unpaired) electrons. The number of rotatable bonds is 7. The molecule has 1 aromatic heterocycles. The number of anilines is 1. The minimum Gasteiger partial charge on any atom is -0.493 e. The van der Waals surface area contributed by atoms with E-state index in [1.165, 1.54) is 12.1 Å². The highest BCUT2D eigenvalue weighted by Gasteiger charge is 2.13. The van der Waals surface area contributed by atoms with Crippen LogP contribution in [0.3, 0.4) is 0 Å². The molecule has 0 amide bonds. The van der Waals surface area contributed by atoms with Gasteiger partial charge < -0.3 is 19.3 Å². The van der Waals surface area contributed by atoms with Gasteiger partial charge in [0.05, 0.1) is 25.7 Å². The summed E-state index contributed by atoms with van der Waals surface area (Å²) in [5.41, 5.74) is 2.24. The van der Waals surface area contributed by atoms with Crippen molar-refractivity contribution in [3.05, 3.63) is 58.0 Å². The van der Waals surface area contributed by atoms with Crippen molar-refractivity contribution >= 4 is 11.4 Å². The van der Waals surface area contributed by atoms with Crippen LogP contribution in [0, 0.1) is 17.0 Å². The fourth-order valence-corrected chi connectivity index (χ4v) is 2.50. The maximum atomic E-state index is 10.9. The summed E-state index contributed by atoms with van der Waals surface area (Å²) in [5, 5.41) is 18.0. The largest absolute Gasteiger partial charge is 0.493 e. The Bertz CT molecular complexity index is 970. The van der Waals surface area contributed by atoms with E-state index in [4.69, 9.17) is 14.0 Å². The molecule has 0 spiro atoms. The molecule has 0 unspecified atom stereocenters. The first-order valence-corrected chi connectivity index (χ1v) is 8.05. The van der Waals surface area contributed by atoms with Crippen molar-refractivity contribution in [1.29, 1.82) is 0 Å². The van der Waals surface area contributed by atoms with E-state index in [9.17, 15) is 10.1 Å². The van der Waals surface area contributed by atoms with Crippen LogP contribution >= 0.6 is 0 Å². The molecule has 140 valence electrons. The number of aromatic nitrogens is 2. The van der Waals surface area contributed by atoms with Crippen molar-refractivity contribution in [3.8, 4) is 22.9 Å². The molecular formula is C18H18N4O5. The number of non-ortho nitro benzene ring substituents is 1. The summed E-state index contributed by atoms with van der Waals surface area (Å²) >= 11 is 0. The van der Waals surface area contributed by atoms with Crippen molar-refractivity contribution in [2.45, 2.75) is 13.5 Å². The molecule has 27 heavy (non-hydrogen) atoms. The van der Waals surface area contributed by atoms with Crippen LogP contribution in [-0.2, 0) is 6.54 Å². The Morgan fingerprint density at radius 1 is 1.15 bits per heavy atom. The lowest BCUT2D eigenvalue weighted by molar-refractivity contribution is -0.384. The molecule has 0 bridgehead atoms. The van der Waals surface area contributed by atoms with Gasteiger partial charge in [-0.1, -0.05) is 11.2 Å². The number of hydrogen-bond donors (Lipinski definition) is 1. The zero-order valence-electron chi connectivity index (χ0n) is 15.1. The lowest BCUT2D eigenvalue weighted by Gasteiger charge is -2.07. The smallest absolute Gasteiger partial charge is 0.271 e. The molecule has 9 heteroatoms. The lowest BCUT2D eigenvalue weighted by Crippen LogP contribution is -2.02. The van der Waals surface area contributed by atoms with E-state index in [-0.39, 0.29) is 12.2 Å². The monoisotopic (exact) mass is 370 g/mol. The molecule has 0 atom stereocenters. The first kappa shape index (κ1) is 18.2. The van der Waals surface area contributed by atoms with Crippen molar-refractivity contribution < 1.29 is 18.9 Å². The summed E-state index contributed by atoms with van der Waals surface area (Å²) in [4.78, 5) is 14.8. The van der Waals surface area contributed by atoms with Crippen LogP contribution in [0.4, 0.5) is 11.4 Å². The van der Waals surface area contributed by atoms with Gasteiger partial charge in [0.15, 0.2) is 11.5 Å². The van der Waals surface area contributed by atoms with Crippen LogP contribution in [0.25, 0.3) is 11.4 Å². The van der Waals surface area contributed by atoms with E-state index in [2.05, 4.69) is 15.5 Å². The topological polar surface area (TPSA) is 113 Å². The molecule has 0 aliphatic carbocycles. The number of benzene rings is 2. The molecule has 3 aromatic rings. The second kappa shape index (κ2) is 7.73. The number of hydrogen-bond acceptors (Lipinski definition) is 8. The summed E-state index contributed by atoms with van der Waals surface area (Å²) in [6.07, 6.45) is 0. The highest BCUT2D eigenvalue weighted by atomic mass is 16.6. The molecule has 9 nitrogen and oxygen atoms in total. The van der Waals surface area contributed by atoms with Crippen LogP contribution in [0.15, 0.2) is 40.9 Å². The molecule has 0 aliphatic heterocycles. The predicted octanol–water partition coefficient (Wildman–Crippen LogP) is 3.58. The number of methoxy groups -OCH3 is 2. The molecule has 2 aromatic carbocycles. The van der Waals surface area contributed by atoms with Crippen molar-refractivity contribution in [2.75, 3.05) is 19.5 Å². The van der Waals surface area contributed by atoms with Crippen LogP contribution < -0.4 is 14.8 Å². The Kier molecular flexibility index (Phi) is 5.20. The van der Waals surface area contributed by atoms with Crippen LogP contribution in [0.1, 0.15) is 11.5 Å². The summed E-state index contributed by atoms with van der Waals surface area (Å²) < 4.78 is 15.7. The highest BCUT2D eigenvalue weighted by Crippen LogP contribution is 2.31. The Labute approximate surface area is 155 Å². The maximum Gasteiger partial charge on any atom is 0.271 e. The van der Waals surface area contributed by atoms with Crippen molar-refractivity contribution in [3.63, 3.8) is 0 Å². The van der Waals surface area contributed by atoms with Gasteiger partial charge in [0.1, 0.15) is 0 Å². The number of nitrogens with zero attached hydrogens (tertiary/aromatic N) is 3. The number of nitro benzene ring substituents is 1. The normalized spacial score (nSPS) is 10.5. The van der Waals surface area contributed by atoms with E-state index < -0.39 is 4.92 Å². The molecule has 1 heterocycles. The highest BCUT2D eigenvalue weighted by molar-refractivity contribution is 5.61. The molecule has 0 fully saturated rings. The average Bonchev–Trinajstić information content (AvgIpc) is 3.15. The average molecular weight is 370 g/mol. The van der Waals surface area contributed by atoms with Gasteiger partial charge in [0, 0.05) is 23.4 Å². The van der Waals surface area contributed by atoms with Crippen LogP contribution in [-0.4, -0.2) is 29.3 Å². The quantitative estimate of drug-likeness (QED) is 0.496. The standard InChI is InChI=1S/C18H18N4O5/c1-11-4-6-13(22(23)24)9-14(11)19-10-17-20-18(21-27-17)12-5-7-15(25-2)16(8-12)26-3/h4-9,19H,10H2,1-3H3. The fourth-order valence-electron chi connectivity index (χ4n) is 2.50. The van der Waals surface area contributed by atoms with Gasteiger partial charge in [0.2, 0.25) is 11.7 Å². The summed E-state index contributed by atoms with van der Waals surface area (Å²) in [7, 11) is 3.11. The first-order valence-electron chi connectivity index (χ1n) is 8.05. The van der Waals surface area contributed by atoms with Gasteiger partial charge in [-0.15, -0.1) is 0 Å². The van der Waals surface area contributed by atoms with E-state index in [1.807, 2.05) is 6.92 Å². The van der Waals surface area contributed by atoms with Crippen LogP contribution in [0.5, 0.6) is 11.5 Å². The Hall–Kier alpha value is -3.62. The SMILES string of the molecule is COc1ccc(-c2noc(CNc3cc([N+](=O)[O-])ccc3C)n2)cc1OC. The van der Waals surface area contributed by atoms with Gasteiger partial charge in [-0.3, -0.25) is 10.1 Å². The second-order valence-corrected chi connectivity index (χ2v) is 5.69. The van der Waals surface area contributed by atoms with Crippen molar-refractivity contribution in [1.82, 2.24) is 10.1 Å². The van der Waals surface area contributed by atoms with E-state index >= 15 is 0 Å². The van der Waals surface area contributed by atoms with Gasteiger partial charge in [-0.2, -0.15) is 4.98 Å². The zero-order chi connectivity index (χ0) is 19.4. The molecule has 1 N–H and O–H groups in total. The summed E-state index contributed by atoms with van der Waals surface area (Å²) in [6, 6.07) is 9.93. The second-order valence-electron chi connectivity index (χ2n) is 5.69. The molecule has 0 aliphatic rings. The number of nitrogens with one attached hydrogen (secondary N) is 1. The molecule has 3 rings (SSSR count). The van der Waals surface area contributed by atoms with Gasteiger partial charge >= 0.3 is 0 Å². The Morgan fingerprint density at radius 2 is 1.93 bits per heavy atom. The van der Waals surface area contributed by atoms with Crippen LogP contribution in [0.2, 0.25) is 0 Å². The molecule has 0 saturated heterocycles. The Morgan fingerprint density at radius 3 is 2.63 bits per heavy atom. The molecule has 0 saturated carbocycles. The number of nitro groups is 1. The van der Waals surface area contributed by atoms with Gasteiger partial charge in [0.25, 0.3) is 5.69 Å². The lowest BCUT2D eigenvalue weighted by atomic mass is 10.2. The van der Waals surface area contributed by atoms with E-state index in [0.29, 0.717) is 34.5 Å². The predicted molar refractivity (Wildman–Crippen MR) is 98.0 cm³/mol. The third-order valence-electron chi connectivity index (χ3n) is 3.97. The third-order valence-corrected chi connectivity index (χ3v) is 3.97. The van der Waals surface area contributed by atoms with Gasteiger partial charge in [-0.05, 0) is 30.7 Å². The van der Waals surface area contributed by atoms with E-state index in [0.717, 1.165) is 5.56 Å². The Balaban J connectivity index is 1.75. The molecular weight excluding hydrogens is 352 g/mol. The van der Waals surface area contributed by atoms with E-state index in [1.54, 1.807) is 38.5 Å². The van der Waals surface area contributed by atoms with Gasteiger partial charge in [-0.25, -0.2) is 0 Å². The number of aryl methyl sites for hydroxylation is 1. The fraction of sp³-hybridized carbons (Fsp3) is 0.222. The minimum atomic E-state index is -0.438. The minimum absolute atomic E-state index is 0.0136. The van der Waals surface area contributed by atoms with Crippen molar-refractivity contribution in [2.24, 2.45) is 0 Å². The number of ether oxygens (including phenoxy) is 2. The maximum absolute atomic E-state index is 10.9. The first-order chi connectivity index (χ1) is 13.0. The summed E-state index contributed by atoms with van der Waals surface area (Å²) in [5.74, 6) is 1.92. The third kappa shape index (κ3) is 3.97. The summed E-state index contributed by atoms with van der Waals surface area (Å²) in [6.45, 7) is 2.09. The zero-order valence-corrected chi connectivity index (χ0v) is 15.1.